The molecule has 1 aromatic rings. The first-order chi connectivity index (χ1) is 7.92. The number of fused-ring (bicyclic) bond motifs is 1. The van der Waals surface area contributed by atoms with Crippen LogP contribution in [-0.2, 0) is 13.0 Å². The minimum absolute atomic E-state index is 0.728. The molecule has 1 saturated carbocycles. The molecule has 1 N–H and O–H groups in total. The van der Waals surface area contributed by atoms with Crippen LogP contribution in [0.3, 0.4) is 0 Å². The van der Waals surface area contributed by atoms with Crippen LogP contribution < -0.4 is 10.1 Å². The fourth-order valence-corrected chi connectivity index (χ4v) is 2.11. The van der Waals surface area contributed by atoms with Gasteiger partial charge in [-0.15, -0.1) is 0 Å². The highest BCUT2D eigenvalue weighted by atomic mass is 16.5. The Kier molecular flexibility index (Phi) is 2.79. The van der Waals surface area contributed by atoms with Crippen molar-refractivity contribution in [1.82, 2.24) is 10.3 Å². The summed E-state index contributed by atoms with van der Waals surface area (Å²) in [6.07, 6.45) is 5.25. The summed E-state index contributed by atoms with van der Waals surface area (Å²) in [6.45, 7) is 2.52. The van der Waals surface area contributed by atoms with Gasteiger partial charge in [0.2, 0.25) is 5.88 Å². The summed E-state index contributed by atoms with van der Waals surface area (Å²) >= 11 is 0. The van der Waals surface area contributed by atoms with Crippen LogP contribution in [-0.4, -0.2) is 18.1 Å². The number of nitrogens with one attached hydrogen (secondary N) is 1. The van der Waals surface area contributed by atoms with Crippen molar-refractivity contribution < 1.29 is 4.74 Å². The van der Waals surface area contributed by atoms with Crippen LogP contribution in [0.1, 0.15) is 30.5 Å². The monoisotopic (exact) mass is 218 g/mol. The van der Waals surface area contributed by atoms with Gasteiger partial charge in [-0.05, 0) is 24.8 Å². The number of hydrogen-bond donors (Lipinski definition) is 1. The Morgan fingerprint density at radius 2 is 2.31 bits per heavy atom. The number of ether oxygens (including phenoxy) is 1. The number of hydrogen-bond acceptors (Lipinski definition) is 3. The lowest BCUT2D eigenvalue weighted by molar-refractivity contribution is 0.313. The van der Waals surface area contributed by atoms with Crippen molar-refractivity contribution in [3.8, 4) is 5.88 Å². The predicted octanol–water partition coefficient (Wildman–Crippen LogP) is 1.91. The number of nitrogens with zero attached hydrogens (tertiary/aromatic N) is 1. The molecule has 3 heteroatoms. The second-order valence-electron chi connectivity index (χ2n) is 4.77. The molecule has 1 fully saturated rings. The molecule has 1 aliphatic heterocycles. The summed E-state index contributed by atoms with van der Waals surface area (Å²) in [4.78, 5) is 4.61. The van der Waals surface area contributed by atoms with Crippen LogP contribution in [0.2, 0.25) is 0 Å². The largest absolute Gasteiger partial charge is 0.476 e. The molecule has 1 aromatic heterocycles. The lowest BCUT2D eigenvalue weighted by Gasteiger charge is -2.07. The van der Waals surface area contributed by atoms with E-state index >= 15 is 0 Å². The smallest absolute Gasteiger partial charge is 0.218 e. The number of aromatic nitrogens is 1. The van der Waals surface area contributed by atoms with E-state index in [0.717, 1.165) is 37.9 Å². The zero-order chi connectivity index (χ0) is 10.8. The van der Waals surface area contributed by atoms with Crippen LogP contribution >= 0.6 is 0 Å². The van der Waals surface area contributed by atoms with Crippen molar-refractivity contribution in [3.63, 3.8) is 0 Å². The summed E-state index contributed by atoms with van der Waals surface area (Å²) in [7, 11) is 0. The first-order valence-corrected chi connectivity index (χ1v) is 6.24. The molecule has 0 amide bonds. The average Bonchev–Trinajstić information content (AvgIpc) is 3.13. The maximum atomic E-state index is 5.64. The van der Waals surface area contributed by atoms with E-state index in [1.54, 1.807) is 0 Å². The Bertz CT molecular complexity index is 374. The first kappa shape index (κ1) is 10.1. The molecule has 1 aliphatic carbocycles. The molecule has 0 spiro atoms. The normalized spacial score (nSPS) is 19.8. The Morgan fingerprint density at radius 1 is 1.38 bits per heavy atom. The molecular weight excluding hydrogens is 200 g/mol. The first-order valence-electron chi connectivity index (χ1n) is 6.24. The van der Waals surface area contributed by atoms with E-state index in [4.69, 9.17) is 4.74 Å². The third-order valence-corrected chi connectivity index (χ3v) is 3.34. The summed E-state index contributed by atoms with van der Waals surface area (Å²) in [5.74, 6) is 1.82. The summed E-state index contributed by atoms with van der Waals surface area (Å²) < 4.78 is 5.64. The molecule has 86 valence electrons. The van der Waals surface area contributed by atoms with E-state index in [1.165, 1.54) is 30.5 Å². The molecule has 2 aliphatic rings. The fraction of sp³-hybridized carbons (Fsp3) is 0.615. The minimum atomic E-state index is 0.728. The molecular formula is C13H18N2O. The Hall–Kier alpha value is -1.09. The number of rotatable bonds is 3. The second kappa shape index (κ2) is 4.42. The van der Waals surface area contributed by atoms with E-state index in [0.29, 0.717) is 0 Å². The molecule has 0 unspecified atom stereocenters. The molecule has 0 bridgehead atoms. The topological polar surface area (TPSA) is 34.1 Å². The maximum Gasteiger partial charge on any atom is 0.218 e. The zero-order valence-corrected chi connectivity index (χ0v) is 9.54. The highest BCUT2D eigenvalue weighted by Crippen LogP contribution is 2.33. The van der Waals surface area contributed by atoms with Gasteiger partial charge in [-0.25, -0.2) is 4.98 Å². The molecule has 3 nitrogen and oxygen atoms in total. The lowest BCUT2D eigenvalue weighted by atomic mass is 10.1. The Balaban J connectivity index is 1.71. The van der Waals surface area contributed by atoms with E-state index in [2.05, 4.69) is 22.4 Å². The second-order valence-corrected chi connectivity index (χ2v) is 4.77. The van der Waals surface area contributed by atoms with Crippen molar-refractivity contribution in [1.29, 1.82) is 0 Å². The summed E-state index contributed by atoms with van der Waals surface area (Å²) in [5.41, 5.74) is 2.38. The molecule has 0 saturated heterocycles. The van der Waals surface area contributed by atoms with E-state index in [1.807, 2.05) is 0 Å². The highest BCUT2D eigenvalue weighted by molar-refractivity contribution is 5.29. The van der Waals surface area contributed by atoms with Crippen LogP contribution in [0.15, 0.2) is 12.1 Å². The van der Waals surface area contributed by atoms with Gasteiger partial charge in [-0.2, -0.15) is 0 Å². The van der Waals surface area contributed by atoms with Gasteiger partial charge in [0.05, 0.1) is 0 Å². The molecule has 2 heterocycles. The predicted molar refractivity (Wildman–Crippen MR) is 62.5 cm³/mol. The van der Waals surface area contributed by atoms with Crippen LogP contribution in [0.4, 0.5) is 0 Å². The van der Waals surface area contributed by atoms with Crippen LogP contribution in [0.25, 0.3) is 0 Å². The molecule has 16 heavy (non-hydrogen) atoms. The lowest BCUT2D eigenvalue weighted by Crippen LogP contribution is -2.16. The van der Waals surface area contributed by atoms with Crippen LogP contribution in [0.5, 0.6) is 5.88 Å². The Morgan fingerprint density at radius 3 is 3.19 bits per heavy atom. The third kappa shape index (κ3) is 2.35. The van der Waals surface area contributed by atoms with Crippen molar-refractivity contribution in [2.24, 2.45) is 5.92 Å². The highest BCUT2D eigenvalue weighted by Gasteiger charge is 2.21. The van der Waals surface area contributed by atoms with Gasteiger partial charge in [-0.3, -0.25) is 0 Å². The standard InChI is InChI=1S/C13H18N2O/c1-2-10(1)3-5-12-6-4-11-9-14-7-8-16-13(11)15-12/h4,6,10,14H,1-3,5,7-9H2. The Labute approximate surface area is 96.2 Å². The van der Waals surface area contributed by atoms with Crippen molar-refractivity contribution >= 4 is 0 Å². The fourth-order valence-electron chi connectivity index (χ4n) is 2.11. The number of aryl methyl sites for hydroxylation is 1. The van der Waals surface area contributed by atoms with E-state index in [-0.39, 0.29) is 0 Å². The van der Waals surface area contributed by atoms with E-state index in [9.17, 15) is 0 Å². The van der Waals surface area contributed by atoms with Gasteiger partial charge in [0, 0.05) is 24.3 Å². The molecule has 3 rings (SSSR count). The quantitative estimate of drug-likeness (QED) is 0.841. The van der Waals surface area contributed by atoms with Gasteiger partial charge < -0.3 is 10.1 Å². The summed E-state index contributed by atoms with van der Waals surface area (Å²) in [6, 6.07) is 4.31. The number of pyridine rings is 1. The minimum Gasteiger partial charge on any atom is -0.476 e. The van der Waals surface area contributed by atoms with E-state index < -0.39 is 0 Å². The summed E-state index contributed by atoms with van der Waals surface area (Å²) in [5, 5.41) is 3.32. The third-order valence-electron chi connectivity index (χ3n) is 3.34. The average molecular weight is 218 g/mol. The van der Waals surface area contributed by atoms with Crippen molar-refractivity contribution in [3.05, 3.63) is 23.4 Å². The molecule has 0 aromatic carbocycles. The SMILES string of the molecule is c1cc2c(nc1CCC1CC1)OCCNC2. The maximum absolute atomic E-state index is 5.64. The van der Waals surface area contributed by atoms with Gasteiger partial charge in [0.15, 0.2) is 0 Å². The zero-order valence-electron chi connectivity index (χ0n) is 9.54. The van der Waals surface area contributed by atoms with Crippen molar-refractivity contribution in [2.75, 3.05) is 13.2 Å². The molecule has 0 radical (unpaired) electrons. The van der Waals surface area contributed by atoms with Gasteiger partial charge in [-0.1, -0.05) is 18.9 Å². The van der Waals surface area contributed by atoms with Crippen LogP contribution in [0, 0.1) is 5.92 Å². The van der Waals surface area contributed by atoms with Gasteiger partial charge in [0.25, 0.3) is 0 Å². The van der Waals surface area contributed by atoms with Gasteiger partial charge in [0.1, 0.15) is 6.61 Å². The van der Waals surface area contributed by atoms with Crippen molar-refractivity contribution in [2.45, 2.75) is 32.2 Å². The van der Waals surface area contributed by atoms with Gasteiger partial charge >= 0.3 is 0 Å². The molecule has 0 atom stereocenters.